The molecule has 133 valence electrons. The van der Waals surface area contributed by atoms with Crippen LogP contribution in [-0.4, -0.2) is 47.9 Å². The number of aliphatic hydroxyl groups excluding tert-OH is 1. The standard InChI is InChI=1S/C19H18AsN2O4/c1-11-16(10-23)22-9-12(19(24)25)8-15(18(22)21-11)20-14-6-7-26-17-5-3-2-4-13(14)17/h2-5,8-9,14,23H,6-7,10H2,1H3,(H,24,25). The number of para-hydroxylation sites is 1. The normalized spacial score (nSPS) is 16.8. The second-order valence-corrected chi connectivity index (χ2v) is 9.10. The van der Waals surface area contributed by atoms with Crippen molar-refractivity contribution in [3.8, 4) is 5.75 Å². The Morgan fingerprint density at radius 3 is 3.00 bits per heavy atom. The summed E-state index contributed by atoms with van der Waals surface area (Å²) in [5.74, 6) is -0.0583. The minimum absolute atomic E-state index is 0.174. The fraction of sp³-hybridized carbons (Fsp3) is 0.263. The van der Waals surface area contributed by atoms with E-state index in [4.69, 9.17) is 4.74 Å². The second kappa shape index (κ2) is 6.78. The minimum atomic E-state index is -0.975. The van der Waals surface area contributed by atoms with E-state index in [1.807, 2.05) is 25.1 Å². The van der Waals surface area contributed by atoms with Crippen LogP contribution in [0.5, 0.6) is 5.75 Å². The number of hydrogen-bond acceptors (Lipinski definition) is 4. The molecule has 0 fully saturated rings. The predicted octanol–water partition coefficient (Wildman–Crippen LogP) is 1.69. The number of rotatable bonds is 4. The third-order valence-electron chi connectivity index (χ3n) is 4.62. The van der Waals surface area contributed by atoms with Gasteiger partial charge >= 0.3 is 157 Å². The molecule has 1 atom stereocenters. The Balaban J connectivity index is 1.83. The van der Waals surface area contributed by atoms with Crippen molar-refractivity contribution in [2.75, 3.05) is 6.61 Å². The van der Waals surface area contributed by atoms with Gasteiger partial charge in [0.25, 0.3) is 0 Å². The van der Waals surface area contributed by atoms with Gasteiger partial charge in [0.1, 0.15) is 0 Å². The van der Waals surface area contributed by atoms with Crippen LogP contribution >= 0.6 is 0 Å². The van der Waals surface area contributed by atoms with Crippen molar-refractivity contribution in [3.05, 3.63) is 59.0 Å². The Hall–Kier alpha value is -2.30. The quantitative estimate of drug-likeness (QED) is 0.636. The zero-order valence-electron chi connectivity index (χ0n) is 14.2. The Morgan fingerprint density at radius 1 is 1.42 bits per heavy atom. The van der Waals surface area contributed by atoms with Crippen LogP contribution in [0.15, 0.2) is 36.5 Å². The van der Waals surface area contributed by atoms with Crippen LogP contribution < -0.4 is 9.09 Å². The first-order chi connectivity index (χ1) is 12.6. The van der Waals surface area contributed by atoms with Crippen LogP contribution in [0, 0.1) is 6.92 Å². The van der Waals surface area contributed by atoms with Crippen molar-refractivity contribution < 1.29 is 19.7 Å². The third-order valence-corrected chi connectivity index (χ3v) is 7.67. The maximum atomic E-state index is 11.6. The number of carboxylic acid groups (broad SMARTS) is 1. The van der Waals surface area contributed by atoms with Crippen molar-refractivity contribution in [3.63, 3.8) is 0 Å². The zero-order valence-corrected chi connectivity index (χ0v) is 16.1. The molecule has 1 radical (unpaired) electrons. The molecule has 2 aromatic heterocycles. The SMILES string of the molecule is Cc1nc2c([As]C3CCOc4ccccc43)cc(C(=O)O)cn2c1CO. The van der Waals surface area contributed by atoms with Gasteiger partial charge in [-0.1, -0.05) is 0 Å². The van der Waals surface area contributed by atoms with Gasteiger partial charge in [-0.3, -0.25) is 0 Å². The number of fused-ring (bicyclic) bond motifs is 2. The number of aliphatic hydroxyl groups is 1. The second-order valence-electron chi connectivity index (χ2n) is 6.23. The van der Waals surface area contributed by atoms with E-state index < -0.39 is 5.97 Å². The van der Waals surface area contributed by atoms with E-state index in [-0.39, 0.29) is 27.9 Å². The first-order valence-electron chi connectivity index (χ1n) is 8.37. The summed E-state index contributed by atoms with van der Waals surface area (Å²) in [5.41, 5.74) is 3.52. The number of pyridine rings is 1. The molecule has 1 aromatic carbocycles. The molecule has 26 heavy (non-hydrogen) atoms. The van der Waals surface area contributed by atoms with E-state index in [1.54, 1.807) is 16.7 Å². The Labute approximate surface area is 157 Å². The summed E-state index contributed by atoms with van der Waals surface area (Å²) in [6.45, 7) is 2.33. The molecule has 3 heterocycles. The Kier molecular flexibility index (Phi) is 4.47. The molecular formula is C19H18AsN2O4. The number of nitrogens with zero attached hydrogens (tertiary/aromatic N) is 2. The molecule has 6 nitrogen and oxygen atoms in total. The number of carboxylic acids is 1. The average Bonchev–Trinajstić information content (AvgIpc) is 2.97. The van der Waals surface area contributed by atoms with Crippen molar-refractivity contribution in [2.24, 2.45) is 0 Å². The van der Waals surface area contributed by atoms with E-state index in [1.165, 1.54) is 5.56 Å². The molecule has 7 heteroatoms. The number of aromatic nitrogens is 2. The summed E-state index contributed by atoms with van der Waals surface area (Å²) < 4.78 is 8.78. The van der Waals surface area contributed by atoms with E-state index in [2.05, 4.69) is 11.1 Å². The van der Waals surface area contributed by atoms with Crippen LogP contribution in [0.1, 0.15) is 38.4 Å². The molecule has 3 aromatic rings. The topological polar surface area (TPSA) is 84.1 Å². The number of imidazole rings is 1. The number of aryl methyl sites for hydroxylation is 1. The summed E-state index contributed by atoms with van der Waals surface area (Å²) in [6.07, 6.45) is 2.46. The summed E-state index contributed by atoms with van der Waals surface area (Å²) >= 11 is -0.362. The van der Waals surface area contributed by atoms with Gasteiger partial charge in [0.05, 0.1) is 0 Å². The molecule has 4 rings (SSSR count). The number of aromatic carboxylic acids is 1. The van der Waals surface area contributed by atoms with Crippen LogP contribution in [0.2, 0.25) is 0 Å². The molecule has 1 aliphatic heterocycles. The van der Waals surface area contributed by atoms with Crippen molar-refractivity contribution in [2.45, 2.75) is 24.7 Å². The molecule has 0 spiro atoms. The van der Waals surface area contributed by atoms with Crippen LogP contribution in [0.4, 0.5) is 0 Å². The molecule has 0 saturated heterocycles. The Bertz CT molecular complexity index is 999. The van der Waals surface area contributed by atoms with Crippen LogP contribution in [-0.2, 0) is 6.61 Å². The summed E-state index contributed by atoms with van der Waals surface area (Å²) in [6, 6.07) is 9.78. The van der Waals surface area contributed by atoms with Gasteiger partial charge in [-0.2, -0.15) is 0 Å². The predicted molar refractivity (Wildman–Crippen MR) is 97.5 cm³/mol. The third kappa shape index (κ3) is 2.89. The molecule has 1 aliphatic rings. The van der Waals surface area contributed by atoms with Gasteiger partial charge in [-0.25, -0.2) is 0 Å². The van der Waals surface area contributed by atoms with Crippen LogP contribution in [0.3, 0.4) is 0 Å². The molecule has 0 bridgehead atoms. The molecule has 1 unspecified atom stereocenters. The number of hydrogen-bond donors (Lipinski definition) is 2. The van der Waals surface area contributed by atoms with E-state index in [0.717, 1.165) is 27.9 Å². The van der Waals surface area contributed by atoms with Crippen LogP contribution in [0.25, 0.3) is 5.65 Å². The summed E-state index contributed by atoms with van der Waals surface area (Å²) in [7, 11) is 0. The van der Waals surface area contributed by atoms with Gasteiger partial charge in [-0.05, 0) is 0 Å². The fourth-order valence-corrected chi connectivity index (χ4v) is 6.27. The monoisotopic (exact) mass is 413 g/mol. The van der Waals surface area contributed by atoms with Gasteiger partial charge in [0.15, 0.2) is 0 Å². The van der Waals surface area contributed by atoms with Gasteiger partial charge in [-0.15, -0.1) is 0 Å². The Morgan fingerprint density at radius 2 is 2.23 bits per heavy atom. The fourth-order valence-electron chi connectivity index (χ4n) is 3.32. The van der Waals surface area contributed by atoms with Gasteiger partial charge < -0.3 is 0 Å². The first kappa shape index (κ1) is 17.1. The van der Waals surface area contributed by atoms with E-state index in [0.29, 0.717) is 17.0 Å². The maximum absolute atomic E-state index is 11.6. The molecular weight excluding hydrogens is 395 g/mol. The van der Waals surface area contributed by atoms with Crippen molar-refractivity contribution >= 4 is 31.7 Å². The van der Waals surface area contributed by atoms with Crippen molar-refractivity contribution in [1.29, 1.82) is 0 Å². The number of benzene rings is 1. The molecule has 0 amide bonds. The summed E-state index contributed by atoms with van der Waals surface area (Å²) in [4.78, 5) is 16.2. The average molecular weight is 413 g/mol. The van der Waals surface area contributed by atoms with Gasteiger partial charge in [0, 0.05) is 0 Å². The number of ether oxygens (including phenoxy) is 1. The van der Waals surface area contributed by atoms with E-state index >= 15 is 0 Å². The molecule has 2 N–H and O–H groups in total. The number of carbonyl (C=O) groups is 1. The molecule has 0 aliphatic carbocycles. The summed E-state index contributed by atoms with van der Waals surface area (Å²) in [5, 5.41) is 19.2. The van der Waals surface area contributed by atoms with E-state index in [9.17, 15) is 15.0 Å². The zero-order chi connectivity index (χ0) is 18.3. The molecule has 0 saturated carbocycles. The van der Waals surface area contributed by atoms with Crippen molar-refractivity contribution in [1.82, 2.24) is 9.38 Å². The van der Waals surface area contributed by atoms with Gasteiger partial charge in [0.2, 0.25) is 0 Å². The first-order valence-corrected chi connectivity index (χ1v) is 10.4.